The number of carbonyl (C=O) groups excluding carboxylic acids is 1. The maximum absolute atomic E-state index is 12.3. The first-order valence-electron chi connectivity index (χ1n) is 7.26. The van der Waals surface area contributed by atoms with Gasteiger partial charge in [-0.15, -0.1) is 0 Å². The number of nitrogens with zero attached hydrogens (tertiary/aromatic N) is 1. The van der Waals surface area contributed by atoms with Crippen molar-refractivity contribution in [2.45, 2.75) is 6.92 Å². The number of nitrogens with one attached hydrogen (secondary N) is 1. The van der Waals surface area contributed by atoms with Crippen molar-refractivity contribution >= 4 is 50.8 Å². The molecule has 1 aromatic heterocycles. The minimum absolute atomic E-state index is 0.328. The summed E-state index contributed by atoms with van der Waals surface area (Å²) in [5.74, 6) is -0.376. The maximum atomic E-state index is 12.3. The van der Waals surface area contributed by atoms with Crippen molar-refractivity contribution in [2.75, 3.05) is 11.9 Å². The van der Waals surface area contributed by atoms with Gasteiger partial charge in [0.15, 0.2) is 0 Å². The van der Waals surface area contributed by atoms with Crippen LogP contribution in [0.1, 0.15) is 17.3 Å². The molecule has 0 atom stereocenters. The Kier molecular flexibility index (Phi) is 4.76. The van der Waals surface area contributed by atoms with Crippen molar-refractivity contribution in [3.63, 3.8) is 0 Å². The Hall–Kier alpha value is -2.15. The highest BCUT2D eigenvalue weighted by molar-refractivity contribution is 14.1. The van der Waals surface area contributed by atoms with Gasteiger partial charge in [0.05, 0.1) is 17.8 Å². The highest BCUT2D eigenvalue weighted by Crippen LogP contribution is 2.29. The van der Waals surface area contributed by atoms with Gasteiger partial charge in [0.1, 0.15) is 5.56 Å². The second kappa shape index (κ2) is 6.95. The number of rotatable bonds is 4. The molecule has 0 fully saturated rings. The molecule has 0 radical (unpaired) electrons. The number of fused-ring (bicyclic) bond motifs is 1. The van der Waals surface area contributed by atoms with Crippen LogP contribution >= 0.6 is 22.6 Å². The molecule has 5 heteroatoms. The summed E-state index contributed by atoms with van der Waals surface area (Å²) >= 11 is 2.26. The van der Waals surface area contributed by atoms with Gasteiger partial charge in [-0.25, -0.2) is 4.79 Å². The fraction of sp³-hybridized carbons (Fsp3) is 0.111. The Morgan fingerprint density at radius 1 is 1.17 bits per heavy atom. The van der Waals surface area contributed by atoms with Gasteiger partial charge in [-0.3, -0.25) is 4.98 Å². The van der Waals surface area contributed by atoms with Gasteiger partial charge in [0.2, 0.25) is 0 Å². The Morgan fingerprint density at radius 2 is 1.91 bits per heavy atom. The number of hydrogen-bond acceptors (Lipinski definition) is 4. The number of pyridine rings is 1. The molecule has 116 valence electrons. The van der Waals surface area contributed by atoms with E-state index in [2.05, 4.69) is 32.9 Å². The zero-order valence-electron chi connectivity index (χ0n) is 12.5. The molecule has 0 aliphatic carbocycles. The van der Waals surface area contributed by atoms with Gasteiger partial charge < -0.3 is 10.1 Å². The van der Waals surface area contributed by atoms with Crippen LogP contribution in [0.3, 0.4) is 0 Å². The van der Waals surface area contributed by atoms with E-state index >= 15 is 0 Å². The van der Waals surface area contributed by atoms with Gasteiger partial charge in [0.25, 0.3) is 0 Å². The number of halogens is 1. The zero-order valence-corrected chi connectivity index (χ0v) is 14.7. The first-order valence-corrected chi connectivity index (χ1v) is 8.34. The lowest BCUT2D eigenvalue weighted by Crippen LogP contribution is -2.09. The fourth-order valence-corrected chi connectivity index (χ4v) is 2.68. The van der Waals surface area contributed by atoms with Crippen molar-refractivity contribution in [3.05, 3.63) is 63.9 Å². The van der Waals surface area contributed by atoms with Crippen LogP contribution in [-0.4, -0.2) is 17.6 Å². The molecule has 0 aliphatic heterocycles. The van der Waals surface area contributed by atoms with Crippen molar-refractivity contribution in [1.29, 1.82) is 0 Å². The number of ether oxygens (including phenoxy) is 1. The van der Waals surface area contributed by atoms with Gasteiger partial charge in [0, 0.05) is 20.8 Å². The molecule has 23 heavy (non-hydrogen) atoms. The number of esters is 1. The molecule has 0 amide bonds. The number of hydrogen-bond donors (Lipinski definition) is 1. The zero-order chi connectivity index (χ0) is 16.2. The Balaban J connectivity index is 2.12. The Morgan fingerprint density at radius 3 is 2.65 bits per heavy atom. The number of aromatic nitrogens is 1. The summed E-state index contributed by atoms with van der Waals surface area (Å²) in [7, 11) is 0. The van der Waals surface area contributed by atoms with Crippen LogP contribution in [0.4, 0.5) is 11.4 Å². The smallest absolute Gasteiger partial charge is 0.341 e. The van der Waals surface area contributed by atoms with Crippen LogP contribution in [0.25, 0.3) is 10.9 Å². The summed E-state index contributed by atoms with van der Waals surface area (Å²) in [5.41, 5.74) is 2.89. The highest BCUT2D eigenvalue weighted by atomic mass is 127. The van der Waals surface area contributed by atoms with E-state index in [0.717, 1.165) is 25.8 Å². The minimum atomic E-state index is -0.376. The standard InChI is InChI=1S/C18H15IN2O2/c1-2-23-18(22)15-11-20-16-6-4-3-5-14(16)17(15)21-13-9-7-12(19)8-10-13/h3-11H,2H2,1H3,(H,20,21). The largest absolute Gasteiger partial charge is 0.462 e. The van der Waals surface area contributed by atoms with E-state index in [4.69, 9.17) is 4.74 Å². The van der Waals surface area contributed by atoms with Gasteiger partial charge in [-0.05, 0) is 59.8 Å². The molecular weight excluding hydrogens is 403 g/mol. The Labute approximate surface area is 148 Å². The monoisotopic (exact) mass is 418 g/mol. The third-order valence-corrected chi connectivity index (χ3v) is 4.10. The molecule has 0 saturated carbocycles. The summed E-state index contributed by atoms with van der Waals surface area (Å²) in [5, 5.41) is 4.22. The summed E-state index contributed by atoms with van der Waals surface area (Å²) in [6.45, 7) is 2.12. The van der Waals surface area contributed by atoms with Crippen molar-refractivity contribution in [3.8, 4) is 0 Å². The highest BCUT2D eigenvalue weighted by Gasteiger charge is 2.16. The molecule has 0 spiro atoms. The number of anilines is 2. The molecule has 3 aromatic rings. The maximum Gasteiger partial charge on any atom is 0.341 e. The topological polar surface area (TPSA) is 51.2 Å². The molecule has 0 unspecified atom stereocenters. The van der Waals surface area contributed by atoms with E-state index in [-0.39, 0.29) is 5.97 Å². The van der Waals surface area contributed by atoms with Gasteiger partial charge in [-0.1, -0.05) is 18.2 Å². The molecule has 0 aliphatic rings. The van der Waals surface area contributed by atoms with Gasteiger partial charge >= 0.3 is 5.97 Å². The molecule has 1 N–H and O–H groups in total. The predicted octanol–water partition coefficient (Wildman–Crippen LogP) is 4.76. The number of benzene rings is 2. The van der Waals surface area contributed by atoms with E-state index in [9.17, 15) is 4.79 Å². The number of carbonyl (C=O) groups is 1. The lowest BCUT2D eigenvalue weighted by Gasteiger charge is -2.14. The van der Waals surface area contributed by atoms with Crippen LogP contribution in [-0.2, 0) is 4.74 Å². The second-order valence-corrected chi connectivity index (χ2v) is 6.16. The predicted molar refractivity (Wildman–Crippen MR) is 100 cm³/mol. The SMILES string of the molecule is CCOC(=O)c1cnc2ccccc2c1Nc1ccc(I)cc1. The molecule has 0 bridgehead atoms. The van der Waals surface area contributed by atoms with Crippen molar-refractivity contribution in [1.82, 2.24) is 4.98 Å². The van der Waals surface area contributed by atoms with Crippen LogP contribution < -0.4 is 5.32 Å². The molecule has 4 nitrogen and oxygen atoms in total. The number of para-hydroxylation sites is 1. The van der Waals surface area contributed by atoms with E-state index in [0.29, 0.717) is 12.2 Å². The first-order chi connectivity index (χ1) is 11.2. The summed E-state index contributed by atoms with van der Waals surface area (Å²) in [4.78, 5) is 16.6. The summed E-state index contributed by atoms with van der Waals surface area (Å²) < 4.78 is 6.31. The van der Waals surface area contributed by atoms with E-state index in [1.807, 2.05) is 48.5 Å². The molecule has 2 aromatic carbocycles. The van der Waals surface area contributed by atoms with Crippen LogP contribution in [0.5, 0.6) is 0 Å². The average Bonchev–Trinajstić information content (AvgIpc) is 2.57. The summed E-state index contributed by atoms with van der Waals surface area (Å²) in [6, 6.07) is 15.7. The Bertz CT molecular complexity index is 847. The quantitative estimate of drug-likeness (QED) is 0.491. The van der Waals surface area contributed by atoms with Crippen molar-refractivity contribution in [2.24, 2.45) is 0 Å². The van der Waals surface area contributed by atoms with E-state index < -0.39 is 0 Å². The lowest BCUT2D eigenvalue weighted by molar-refractivity contribution is 0.0527. The van der Waals surface area contributed by atoms with Crippen molar-refractivity contribution < 1.29 is 9.53 Å². The van der Waals surface area contributed by atoms with Crippen LogP contribution in [0.2, 0.25) is 0 Å². The normalized spacial score (nSPS) is 10.5. The molecule has 3 rings (SSSR count). The third-order valence-electron chi connectivity index (χ3n) is 3.38. The lowest BCUT2D eigenvalue weighted by atomic mass is 10.1. The van der Waals surface area contributed by atoms with Crippen LogP contribution in [0.15, 0.2) is 54.7 Å². The minimum Gasteiger partial charge on any atom is -0.462 e. The van der Waals surface area contributed by atoms with E-state index in [1.165, 1.54) is 0 Å². The molecule has 1 heterocycles. The summed E-state index contributed by atoms with van der Waals surface area (Å²) in [6.07, 6.45) is 1.56. The third kappa shape index (κ3) is 3.44. The molecular formula is C18H15IN2O2. The molecule has 0 saturated heterocycles. The van der Waals surface area contributed by atoms with Gasteiger partial charge in [-0.2, -0.15) is 0 Å². The first kappa shape index (κ1) is 15.7. The van der Waals surface area contributed by atoms with E-state index in [1.54, 1.807) is 13.1 Å². The average molecular weight is 418 g/mol. The second-order valence-electron chi connectivity index (χ2n) is 4.92. The van der Waals surface area contributed by atoms with Crippen LogP contribution in [0, 0.1) is 3.57 Å². The fourth-order valence-electron chi connectivity index (χ4n) is 2.32.